The number of nitrogens with one attached hydrogen (secondary N) is 1. The third-order valence-electron chi connectivity index (χ3n) is 3.50. The first-order valence-electron chi connectivity index (χ1n) is 6.59. The number of para-hydroxylation sites is 1. The summed E-state index contributed by atoms with van der Waals surface area (Å²) >= 11 is 0.533. The number of aliphatic hydroxyl groups is 1. The lowest BCUT2D eigenvalue weighted by atomic mass is 9.85. The maximum absolute atomic E-state index is 12.5. The lowest BCUT2D eigenvalue weighted by molar-refractivity contribution is 0.0167. The summed E-state index contributed by atoms with van der Waals surface area (Å²) in [7, 11) is 0. The van der Waals surface area contributed by atoms with Crippen molar-refractivity contribution in [2.24, 2.45) is 0 Å². The summed E-state index contributed by atoms with van der Waals surface area (Å²) in [5.74, 6) is -2.43. The predicted octanol–water partition coefficient (Wildman–Crippen LogP) is 4.11. The minimum atomic E-state index is -2.43. The molecular weight excluding hydrogens is 268 g/mol. The molecule has 106 valence electrons. The zero-order valence-electron chi connectivity index (χ0n) is 10.7. The summed E-state index contributed by atoms with van der Waals surface area (Å²) < 4.78 is 24.9. The Morgan fingerprint density at radius 3 is 2.58 bits per heavy atom. The molecule has 0 bridgehead atoms. The van der Waals surface area contributed by atoms with Gasteiger partial charge in [-0.1, -0.05) is 43.2 Å². The second-order valence-electron chi connectivity index (χ2n) is 5.01. The summed E-state index contributed by atoms with van der Waals surface area (Å²) in [6.07, 6.45) is 4.80. The highest BCUT2D eigenvalue weighted by atomic mass is 32.2. The van der Waals surface area contributed by atoms with E-state index in [-0.39, 0.29) is 0 Å². The first-order valence-corrected chi connectivity index (χ1v) is 7.47. The van der Waals surface area contributed by atoms with Gasteiger partial charge in [0.05, 0.1) is 5.60 Å². The average molecular weight is 287 g/mol. The molecule has 0 atom stereocenters. The fourth-order valence-electron chi connectivity index (χ4n) is 2.46. The van der Waals surface area contributed by atoms with E-state index in [4.69, 9.17) is 0 Å². The number of thioether (sulfide) groups is 1. The van der Waals surface area contributed by atoms with Crippen molar-refractivity contribution in [2.75, 3.05) is 11.9 Å². The molecule has 2 nitrogen and oxygen atoms in total. The van der Waals surface area contributed by atoms with Crippen LogP contribution in [0.2, 0.25) is 0 Å². The number of alkyl halides is 2. The maximum Gasteiger partial charge on any atom is 0.288 e. The molecule has 0 saturated heterocycles. The number of hydrogen-bond acceptors (Lipinski definition) is 3. The monoisotopic (exact) mass is 287 g/mol. The Bertz CT molecular complexity index is 408. The molecule has 2 rings (SSSR count). The molecule has 19 heavy (non-hydrogen) atoms. The normalized spacial score (nSPS) is 18.5. The van der Waals surface area contributed by atoms with Gasteiger partial charge in [0.15, 0.2) is 0 Å². The summed E-state index contributed by atoms with van der Waals surface area (Å²) in [4.78, 5) is 0.525. The number of rotatable bonds is 5. The number of benzene rings is 1. The Balaban J connectivity index is 1.98. The van der Waals surface area contributed by atoms with Crippen molar-refractivity contribution in [3.05, 3.63) is 24.3 Å². The van der Waals surface area contributed by atoms with Crippen molar-refractivity contribution in [3.8, 4) is 0 Å². The Kier molecular flexibility index (Phi) is 5.05. The van der Waals surface area contributed by atoms with Gasteiger partial charge in [-0.2, -0.15) is 8.78 Å². The minimum absolute atomic E-state index is 0.424. The highest BCUT2D eigenvalue weighted by Crippen LogP contribution is 2.33. The van der Waals surface area contributed by atoms with Crippen molar-refractivity contribution in [3.63, 3.8) is 0 Å². The Morgan fingerprint density at radius 2 is 1.89 bits per heavy atom. The molecule has 2 N–H and O–H groups in total. The molecule has 0 heterocycles. The van der Waals surface area contributed by atoms with Crippen LogP contribution in [0.4, 0.5) is 14.5 Å². The first kappa shape index (κ1) is 14.6. The number of hydrogen-bond donors (Lipinski definition) is 2. The fourth-order valence-corrected chi connectivity index (χ4v) is 3.07. The molecule has 0 aromatic heterocycles. The molecule has 0 unspecified atom stereocenters. The highest BCUT2D eigenvalue weighted by molar-refractivity contribution is 7.99. The van der Waals surface area contributed by atoms with Gasteiger partial charge in [-0.05, 0) is 25.0 Å². The van der Waals surface area contributed by atoms with E-state index in [0.29, 0.717) is 28.9 Å². The van der Waals surface area contributed by atoms with Crippen LogP contribution in [0.3, 0.4) is 0 Å². The van der Waals surface area contributed by atoms with E-state index in [9.17, 15) is 13.9 Å². The molecule has 0 spiro atoms. The molecule has 0 amide bonds. The number of halogens is 2. The van der Waals surface area contributed by atoms with Crippen molar-refractivity contribution in [1.82, 2.24) is 0 Å². The number of anilines is 1. The molecule has 0 radical (unpaired) electrons. The van der Waals surface area contributed by atoms with Crippen molar-refractivity contribution in [1.29, 1.82) is 0 Å². The van der Waals surface area contributed by atoms with E-state index < -0.39 is 11.4 Å². The Hall–Kier alpha value is -0.810. The molecule has 1 aromatic rings. The molecule has 1 aromatic carbocycles. The summed E-state index contributed by atoms with van der Waals surface area (Å²) in [6, 6.07) is 7.00. The topological polar surface area (TPSA) is 32.3 Å². The fraction of sp³-hybridized carbons (Fsp3) is 0.571. The van der Waals surface area contributed by atoms with Gasteiger partial charge >= 0.3 is 0 Å². The van der Waals surface area contributed by atoms with Gasteiger partial charge in [-0.25, -0.2) is 0 Å². The molecule has 0 aliphatic heterocycles. The lowest BCUT2D eigenvalue weighted by Gasteiger charge is -2.32. The van der Waals surface area contributed by atoms with Crippen LogP contribution >= 0.6 is 11.8 Å². The van der Waals surface area contributed by atoms with E-state index in [1.54, 1.807) is 18.2 Å². The van der Waals surface area contributed by atoms with Crippen LogP contribution in [-0.4, -0.2) is 23.0 Å². The molecular formula is C14H19F2NOS. The molecule has 1 aliphatic carbocycles. The van der Waals surface area contributed by atoms with E-state index in [1.165, 1.54) is 6.42 Å². The van der Waals surface area contributed by atoms with Gasteiger partial charge < -0.3 is 10.4 Å². The first-order chi connectivity index (χ1) is 9.09. The summed E-state index contributed by atoms with van der Waals surface area (Å²) in [6.45, 7) is 0.424. The molecule has 1 aliphatic rings. The minimum Gasteiger partial charge on any atom is -0.388 e. The van der Waals surface area contributed by atoms with E-state index in [2.05, 4.69) is 5.32 Å². The van der Waals surface area contributed by atoms with Gasteiger partial charge in [0, 0.05) is 17.1 Å². The van der Waals surface area contributed by atoms with E-state index in [0.717, 1.165) is 25.7 Å². The largest absolute Gasteiger partial charge is 0.388 e. The zero-order valence-corrected chi connectivity index (χ0v) is 11.6. The van der Waals surface area contributed by atoms with Crippen LogP contribution in [0.25, 0.3) is 0 Å². The summed E-state index contributed by atoms with van der Waals surface area (Å²) in [5, 5.41) is 13.5. The molecule has 1 saturated carbocycles. The predicted molar refractivity (Wildman–Crippen MR) is 74.8 cm³/mol. The van der Waals surface area contributed by atoms with E-state index >= 15 is 0 Å². The Labute approximate surface area is 116 Å². The Morgan fingerprint density at radius 1 is 1.21 bits per heavy atom. The van der Waals surface area contributed by atoms with Gasteiger partial charge in [-0.3, -0.25) is 0 Å². The van der Waals surface area contributed by atoms with Crippen LogP contribution in [0.5, 0.6) is 0 Å². The van der Waals surface area contributed by atoms with Gasteiger partial charge in [-0.15, -0.1) is 0 Å². The standard InChI is InChI=1S/C14H19F2NOS/c15-13(16)19-12-7-3-2-6-11(12)17-10-14(18)8-4-1-5-9-14/h2-3,6-7,13,17-18H,1,4-5,8-10H2. The summed E-state index contributed by atoms with van der Waals surface area (Å²) in [5.41, 5.74) is -0.0206. The maximum atomic E-state index is 12.5. The third kappa shape index (κ3) is 4.35. The highest BCUT2D eigenvalue weighted by Gasteiger charge is 2.29. The van der Waals surface area contributed by atoms with Crippen LogP contribution in [0.15, 0.2) is 29.2 Å². The van der Waals surface area contributed by atoms with Crippen LogP contribution in [0.1, 0.15) is 32.1 Å². The quantitative estimate of drug-likeness (QED) is 0.799. The van der Waals surface area contributed by atoms with Crippen molar-refractivity contribution >= 4 is 17.4 Å². The molecule has 1 fully saturated rings. The average Bonchev–Trinajstić information content (AvgIpc) is 2.38. The van der Waals surface area contributed by atoms with Gasteiger partial charge in [0.25, 0.3) is 5.76 Å². The van der Waals surface area contributed by atoms with Gasteiger partial charge in [0.1, 0.15) is 0 Å². The third-order valence-corrected chi connectivity index (χ3v) is 4.28. The van der Waals surface area contributed by atoms with Crippen molar-refractivity contribution < 1.29 is 13.9 Å². The lowest BCUT2D eigenvalue weighted by Crippen LogP contribution is -2.38. The van der Waals surface area contributed by atoms with E-state index in [1.807, 2.05) is 6.07 Å². The smallest absolute Gasteiger partial charge is 0.288 e. The SMILES string of the molecule is OC1(CNc2ccccc2SC(F)F)CCCCC1. The van der Waals surface area contributed by atoms with Crippen LogP contribution in [0, 0.1) is 0 Å². The van der Waals surface area contributed by atoms with Gasteiger partial charge in [0.2, 0.25) is 0 Å². The van der Waals surface area contributed by atoms with Crippen LogP contribution in [-0.2, 0) is 0 Å². The van der Waals surface area contributed by atoms with Crippen LogP contribution < -0.4 is 5.32 Å². The second kappa shape index (κ2) is 6.57. The second-order valence-corrected chi connectivity index (χ2v) is 6.05. The zero-order chi connectivity index (χ0) is 13.7. The molecule has 5 heteroatoms. The van der Waals surface area contributed by atoms with Crippen molar-refractivity contribution in [2.45, 2.75) is 48.4 Å².